The molecule has 1 unspecified atom stereocenters. The summed E-state index contributed by atoms with van der Waals surface area (Å²) in [5, 5.41) is 19.5. The second-order valence-electron chi connectivity index (χ2n) is 7.00. The number of hydrogen-bond donors (Lipinski definition) is 2. The lowest BCUT2D eigenvalue weighted by atomic mass is 9.82. The first-order chi connectivity index (χ1) is 12.4. The Labute approximate surface area is 151 Å². The highest BCUT2D eigenvalue weighted by molar-refractivity contribution is 6.00. The number of rotatable bonds is 5. The molecule has 0 aromatic carbocycles. The number of aliphatic hydroxyl groups is 1. The Morgan fingerprint density at radius 1 is 1.42 bits per heavy atom. The van der Waals surface area contributed by atoms with Crippen LogP contribution in [0.3, 0.4) is 0 Å². The van der Waals surface area contributed by atoms with Gasteiger partial charge in [0.2, 0.25) is 5.91 Å². The maximum Gasteiger partial charge on any atom is 0.410 e. The number of aliphatic carboxylic acids is 1. The van der Waals surface area contributed by atoms with E-state index in [1.807, 2.05) is 0 Å². The number of aliphatic hydroxyl groups excluding tert-OH is 1. The van der Waals surface area contributed by atoms with Crippen LogP contribution in [0.4, 0.5) is 4.79 Å². The molecule has 2 amide bonds. The van der Waals surface area contributed by atoms with Crippen molar-refractivity contribution >= 4 is 18.0 Å². The van der Waals surface area contributed by atoms with E-state index >= 15 is 0 Å². The molecular weight excluding hydrogens is 340 g/mol. The Balaban J connectivity index is 1.90. The van der Waals surface area contributed by atoms with Crippen LogP contribution in [0.1, 0.15) is 32.6 Å². The third kappa shape index (κ3) is 2.88. The maximum atomic E-state index is 12.4. The van der Waals surface area contributed by atoms with E-state index < -0.39 is 30.1 Å². The number of carbonyl (C=O) groups is 3. The van der Waals surface area contributed by atoms with Gasteiger partial charge in [-0.3, -0.25) is 4.79 Å². The van der Waals surface area contributed by atoms with Gasteiger partial charge in [-0.1, -0.05) is 12.7 Å². The minimum Gasteiger partial charge on any atom is -0.477 e. The number of likely N-dealkylation sites (tertiary alicyclic amines) is 1. The van der Waals surface area contributed by atoms with Gasteiger partial charge in [0, 0.05) is 6.54 Å². The van der Waals surface area contributed by atoms with Gasteiger partial charge in [-0.05, 0) is 38.2 Å². The average Bonchev–Trinajstić information content (AvgIpc) is 2.94. The zero-order valence-corrected chi connectivity index (χ0v) is 14.8. The van der Waals surface area contributed by atoms with Gasteiger partial charge in [0.05, 0.1) is 24.1 Å². The Bertz CT molecular complexity index is 671. The van der Waals surface area contributed by atoms with Crippen molar-refractivity contribution in [3.63, 3.8) is 0 Å². The molecule has 3 aliphatic rings. The smallest absolute Gasteiger partial charge is 0.410 e. The molecule has 3 rings (SSSR count). The summed E-state index contributed by atoms with van der Waals surface area (Å²) in [6.07, 6.45) is 2.81. The van der Waals surface area contributed by atoms with E-state index in [-0.39, 0.29) is 24.3 Å². The Morgan fingerprint density at radius 2 is 2.15 bits per heavy atom. The molecule has 0 saturated carbocycles. The summed E-state index contributed by atoms with van der Waals surface area (Å²) in [7, 11) is 0. The predicted molar refractivity (Wildman–Crippen MR) is 91.0 cm³/mol. The summed E-state index contributed by atoms with van der Waals surface area (Å²) in [6, 6.07) is -0.753. The highest BCUT2D eigenvalue weighted by atomic mass is 16.6. The van der Waals surface area contributed by atoms with E-state index in [1.165, 1.54) is 17.9 Å². The normalized spacial score (nSPS) is 29.2. The monoisotopic (exact) mass is 364 g/mol. The number of β-lactam (4-membered cyclic amide) rings is 1. The van der Waals surface area contributed by atoms with Crippen LogP contribution in [0, 0.1) is 5.92 Å². The molecule has 142 valence electrons. The van der Waals surface area contributed by atoms with Gasteiger partial charge in [-0.15, -0.1) is 0 Å². The van der Waals surface area contributed by atoms with Crippen molar-refractivity contribution in [2.24, 2.45) is 5.92 Å². The first-order valence-electron chi connectivity index (χ1n) is 8.90. The number of fused-ring (bicyclic) bond motifs is 1. The number of hydrogen-bond acceptors (Lipinski definition) is 5. The first kappa shape index (κ1) is 18.4. The van der Waals surface area contributed by atoms with Gasteiger partial charge in [-0.25, -0.2) is 9.59 Å². The van der Waals surface area contributed by atoms with Gasteiger partial charge >= 0.3 is 12.1 Å². The molecule has 2 N–H and O–H groups in total. The zero-order chi connectivity index (χ0) is 19.0. The Hall–Kier alpha value is -2.35. The third-order valence-corrected chi connectivity index (χ3v) is 5.43. The van der Waals surface area contributed by atoms with Crippen LogP contribution in [0.5, 0.6) is 0 Å². The van der Waals surface area contributed by atoms with Crippen molar-refractivity contribution in [3.05, 3.63) is 23.9 Å². The molecule has 3 aliphatic heterocycles. The summed E-state index contributed by atoms with van der Waals surface area (Å²) < 4.78 is 5.14. The molecule has 0 aromatic rings. The van der Waals surface area contributed by atoms with Crippen molar-refractivity contribution in [1.29, 1.82) is 0 Å². The summed E-state index contributed by atoms with van der Waals surface area (Å²) in [5.74, 6) is -2.13. The van der Waals surface area contributed by atoms with Crippen molar-refractivity contribution in [1.82, 2.24) is 9.80 Å². The van der Waals surface area contributed by atoms with Gasteiger partial charge in [0.1, 0.15) is 12.3 Å². The van der Waals surface area contributed by atoms with Crippen LogP contribution in [0.2, 0.25) is 0 Å². The fraction of sp³-hybridized carbons (Fsp3) is 0.611. The lowest BCUT2D eigenvalue weighted by Gasteiger charge is -2.44. The highest BCUT2D eigenvalue weighted by Crippen LogP contribution is 2.46. The predicted octanol–water partition coefficient (Wildman–Crippen LogP) is 1.11. The van der Waals surface area contributed by atoms with Crippen LogP contribution < -0.4 is 0 Å². The minimum atomic E-state index is -1.18. The largest absolute Gasteiger partial charge is 0.477 e. The number of carbonyl (C=O) groups excluding carboxylic acids is 2. The lowest BCUT2D eigenvalue weighted by molar-refractivity contribution is -0.161. The number of carboxylic acid groups (broad SMARTS) is 1. The van der Waals surface area contributed by atoms with E-state index in [2.05, 4.69) is 6.58 Å². The van der Waals surface area contributed by atoms with Crippen LogP contribution >= 0.6 is 0 Å². The highest BCUT2D eigenvalue weighted by Gasteiger charge is 2.58. The van der Waals surface area contributed by atoms with Crippen LogP contribution in [-0.4, -0.2) is 69.3 Å². The quantitative estimate of drug-likeness (QED) is 0.559. The molecule has 26 heavy (non-hydrogen) atoms. The number of nitrogens with zero attached hydrogens (tertiary/aromatic N) is 2. The van der Waals surface area contributed by atoms with E-state index in [0.717, 1.165) is 12.8 Å². The molecule has 0 aromatic heterocycles. The molecule has 0 aliphatic carbocycles. The zero-order valence-electron chi connectivity index (χ0n) is 14.8. The van der Waals surface area contributed by atoms with Gasteiger partial charge < -0.3 is 24.7 Å². The minimum absolute atomic E-state index is 0.0367. The summed E-state index contributed by atoms with van der Waals surface area (Å²) in [4.78, 5) is 39.4. The molecule has 4 atom stereocenters. The van der Waals surface area contributed by atoms with Crippen LogP contribution in [-0.2, 0) is 14.3 Å². The summed E-state index contributed by atoms with van der Waals surface area (Å²) >= 11 is 0. The lowest BCUT2D eigenvalue weighted by Crippen LogP contribution is -2.61. The van der Waals surface area contributed by atoms with Gasteiger partial charge in [0.15, 0.2) is 0 Å². The van der Waals surface area contributed by atoms with Crippen molar-refractivity contribution < 1.29 is 29.3 Å². The number of piperidine rings is 1. The molecule has 0 spiro atoms. The van der Waals surface area contributed by atoms with Crippen molar-refractivity contribution in [2.45, 2.75) is 50.8 Å². The van der Waals surface area contributed by atoms with Gasteiger partial charge in [0.25, 0.3) is 0 Å². The van der Waals surface area contributed by atoms with Crippen molar-refractivity contribution in [2.75, 3.05) is 13.2 Å². The molecular formula is C18H24N2O6. The second-order valence-corrected chi connectivity index (χ2v) is 7.00. The SMILES string of the molecule is C=CCOC(=O)N1CCCCC1C1=C(C(=O)O)N2C(=O)[C@H]([C@@H](C)O)[C@H]2C1. The molecule has 2 fully saturated rings. The van der Waals surface area contributed by atoms with Crippen molar-refractivity contribution in [3.8, 4) is 0 Å². The molecule has 2 saturated heterocycles. The van der Waals surface area contributed by atoms with Gasteiger partial charge in [-0.2, -0.15) is 0 Å². The Kier molecular flexibility index (Phi) is 5.04. The summed E-state index contributed by atoms with van der Waals surface area (Å²) in [6.45, 7) is 5.63. The maximum absolute atomic E-state index is 12.4. The Morgan fingerprint density at radius 3 is 2.77 bits per heavy atom. The molecule has 0 radical (unpaired) electrons. The fourth-order valence-electron chi connectivity index (χ4n) is 4.33. The number of amides is 2. The number of ether oxygens (including phenoxy) is 1. The topological polar surface area (TPSA) is 107 Å². The van der Waals surface area contributed by atoms with E-state index in [9.17, 15) is 24.6 Å². The van der Waals surface area contributed by atoms with Crippen LogP contribution in [0.25, 0.3) is 0 Å². The van der Waals surface area contributed by atoms with E-state index in [0.29, 0.717) is 25.0 Å². The average molecular weight is 364 g/mol. The fourth-order valence-corrected chi connectivity index (χ4v) is 4.33. The third-order valence-electron chi connectivity index (χ3n) is 5.43. The second kappa shape index (κ2) is 7.11. The van der Waals surface area contributed by atoms with E-state index in [4.69, 9.17) is 4.74 Å². The molecule has 8 nitrogen and oxygen atoms in total. The molecule has 8 heteroatoms. The standard InChI is InChI=1S/C18H24N2O6/c1-3-8-26-18(25)19-7-5-4-6-12(19)11-9-13-14(10(2)21)16(22)20(13)15(11)17(23)24/h3,10,12-14,21H,1,4-9H2,2H3,(H,23,24)/t10-,12?,13-,14-/m1/s1. The van der Waals surface area contributed by atoms with Crippen LogP contribution in [0.15, 0.2) is 23.9 Å². The first-order valence-corrected chi connectivity index (χ1v) is 8.90. The van der Waals surface area contributed by atoms with E-state index in [1.54, 1.807) is 4.90 Å². The molecule has 3 heterocycles. The molecule has 0 bridgehead atoms. The number of carboxylic acids is 1. The summed E-state index contributed by atoms with van der Waals surface area (Å²) in [5.41, 5.74) is 0.541.